The molecule has 9 nitrogen and oxygen atoms in total. The van der Waals surface area contributed by atoms with E-state index in [4.69, 9.17) is 9.47 Å². The minimum absolute atomic E-state index is 0. The predicted octanol–water partition coefficient (Wildman–Crippen LogP) is 3.04. The Morgan fingerprint density at radius 1 is 1.17 bits per heavy atom. The van der Waals surface area contributed by atoms with Gasteiger partial charge >= 0.3 is 12.2 Å². The highest BCUT2D eigenvalue weighted by Crippen LogP contribution is 2.12. The first kappa shape index (κ1) is 28.5. The molecule has 1 heterocycles. The van der Waals surface area contributed by atoms with E-state index in [1.807, 2.05) is 34.6 Å². The lowest BCUT2D eigenvalue weighted by Gasteiger charge is -2.32. The third-order valence-corrected chi connectivity index (χ3v) is 4.40. The topological polar surface area (TPSA) is 95.5 Å². The molecule has 176 valence electrons. The number of piperidine rings is 1. The highest BCUT2D eigenvalue weighted by molar-refractivity contribution is 14.0. The van der Waals surface area contributed by atoms with Crippen LogP contribution in [0.5, 0.6) is 0 Å². The molecule has 1 aliphatic heterocycles. The van der Waals surface area contributed by atoms with E-state index < -0.39 is 5.60 Å². The van der Waals surface area contributed by atoms with Gasteiger partial charge in [-0.2, -0.15) is 0 Å². The molecule has 1 rings (SSSR count). The van der Waals surface area contributed by atoms with Crippen LogP contribution in [0.4, 0.5) is 9.59 Å². The maximum atomic E-state index is 12.3. The molecule has 0 aromatic heterocycles. The first-order valence-corrected chi connectivity index (χ1v) is 10.6. The van der Waals surface area contributed by atoms with E-state index in [1.165, 1.54) is 0 Å². The van der Waals surface area contributed by atoms with Crippen LogP contribution in [0.1, 0.15) is 53.9 Å². The summed E-state index contributed by atoms with van der Waals surface area (Å²) >= 11 is 0. The number of ether oxygens (including phenoxy) is 2. The van der Waals surface area contributed by atoms with Crippen molar-refractivity contribution in [2.45, 2.75) is 65.5 Å². The Balaban J connectivity index is 0.00000841. The van der Waals surface area contributed by atoms with Gasteiger partial charge in [0.25, 0.3) is 0 Å². The van der Waals surface area contributed by atoms with E-state index in [9.17, 15) is 9.59 Å². The smallest absolute Gasteiger partial charge is 0.410 e. The maximum Gasteiger partial charge on any atom is 0.410 e. The number of halogens is 1. The average molecular weight is 541 g/mol. The zero-order valence-electron chi connectivity index (χ0n) is 19.3. The minimum Gasteiger partial charge on any atom is -0.450 e. The van der Waals surface area contributed by atoms with Crippen LogP contribution in [0.15, 0.2) is 4.99 Å². The molecule has 0 aromatic carbocycles. The molecule has 10 heteroatoms. The zero-order valence-corrected chi connectivity index (χ0v) is 21.7. The van der Waals surface area contributed by atoms with Crippen LogP contribution in [-0.4, -0.2) is 86.0 Å². The summed E-state index contributed by atoms with van der Waals surface area (Å²) in [5.74, 6) is 0.695. The van der Waals surface area contributed by atoms with Crippen LogP contribution in [0.25, 0.3) is 0 Å². The van der Waals surface area contributed by atoms with Crippen molar-refractivity contribution in [3.63, 3.8) is 0 Å². The monoisotopic (exact) mass is 541 g/mol. The van der Waals surface area contributed by atoms with E-state index in [2.05, 4.69) is 15.6 Å². The number of nitrogens with one attached hydrogen (secondary N) is 2. The molecule has 0 radical (unpaired) electrons. The first-order chi connectivity index (χ1) is 13.7. The van der Waals surface area contributed by atoms with Crippen LogP contribution in [0, 0.1) is 0 Å². The molecule has 0 aliphatic carbocycles. The van der Waals surface area contributed by atoms with Crippen LogP contribution < -0.4 is 10.6 Å². The summed E-state index contributed by atoms with van der Waals surface area (Å²) in [5.41, 5.74) is -0.507. The fraction of sp³-hybridized carbons (Fsp3) is 0.850. The molecule has 0 spiro atoms. The lowest BCUT2D eigenvalue weighted by atomic mass is 10.1. The number of hydrogen-bond donors (Lipinski definition) is 2. The molecule has 1 saturated heterocycles. The number of nitrogens with zero attached hydrogens (tertiary/aromatic N) is 3. The summed E-state index contributed by atoms with van der Waals surface area (Å²) < 4.78 is 10.5. The number of guanidine groups is 1. The van der Waals surface area contributed by atoms with Gasteiger partial charge < -0.3 is 29.9 Å². The van der Waals surface area contributed by atoms with E-state index >= 15 is 0 Å². The Morgan fingerprint density at radius 2 is 1.80 bits per heavy atom. The van der Waals surface area contributed by atoms with Crippen molar-refractivity contribution < 1.29 is 19.1 Å². The number of amides is 2. The molecule has 1 aliphatic rings. The Kier molecular flexibility index (Phi) is 13.8. The average Bonchev–Trinajstić information content (AvgIpc) is 2.65. The van der Waals surface area contributed by atoms with Crippen LogP contribution in [-0.2, 0) is 9.47 Å². The number of aliphatic imine (C=N–C) groups is 1. The highest BCUT2D eigenvalue weighted by atomic mass is 127. The molecule has 2 N–H and O–H groups in total. The fourth-order valence-corrected chi connectivity index (χ4v) is 3.01. The molecule has 0 saturated carbocycles. The van der Waals surface area contributed by atoms with Gasteiger partial charge in [-0.1, -0.05) is 6.92 Å². The predicted molar refractivity (Wildman–Crippen MR) is 130 cm³/mol. The van der Waals surface area contributed by atoms with Gasteiger partial charge in [0.1, 0.15) is 5.60 Å². The number of rotatable bonds is 7. The van der Waals surface area contributed by atoms with E-state index in [1.54, 1.807) is 16.8 Å². The summed E-state index contributed by atoms with van der Waals surface area (Å²) in [7, 11) is 1.72. The van der Waals surface area contributed by atoms with Crippen molar-refractivity contribution in [1.29, 1.82) is 0 Å². The van der Waals surface area contributed by atoms with Crippen LogP contribution >= 0.6 is 24.0 Å². The van der Waals surface area contributed by atoms with Gasteiger partial charge in [-0.25, -0.2) is 9.59 Å². The quantitative estimate of drug-likeness (QED) is 0.292. The third kappa shape index (κ3) is 11.1. The van der Waals surface area contributed by atoms with Crippen molar-refractivity contribution in [3.8, 4) is 0 Å². The molecule has 30 heavy (non-hydrogen) atoms. The van der Waals surface area contributed by atoms with Gasteiger partial charge in [0.05, 0.1) is 6.61 Å². The van der Waals surface area contributed by atoms with E-state index in [0.29, 0.717) is 45.3 Å². The standard InChI is InChI=1S/C20H39N5O4.HI/c1-7-12-24(19(27)29-20(3,4)5)15-11-22-17(21-6)23-16-9-13-25(14-10-16)18(26)28-8-2;/h16H,7-15H2,1-6H3,(H2,21,22,23);1H. The second kappa shape index (κ2) is 14.5. The summed E-state index contributed by atoms with van der Waals surface area (Å²) in [6.07, 6.45) is 1.99. The Labute approximate surface area is 198 Å². The lowest BCUT2D eigenvalue weighted by Crippen LogP contribution is -2.51. The molecule has 0 aromatic rings. The van der Waals surface area contributed by atoms with E-state index in [0.717, 1.165) is 19.3 Å². The van der Waals surface area contributed by atoms with Gasteiger partial charge in [0, 0.05) is 45.8 Å². The largest absolute Gasteiger partial charge is 0.450 e. The molecule has 0 bridgehead atoms. The number of hydrogen-bond acceptors (Lipinski definition) is 5. The molecule has 1 fully saturated rings. The Morgan fingerprint density at radius 3 is 2.30 bits per heavy atom. The van der Waals surface area contributed by atoms with Crippen LogP contribution in [0.3, 0.4) is 0 Å². The van der Waals surface area contributed by atoms with Gasteiger partial charge in [0.2, 0.25) is 0 Å². The maximum absolute atomic E-state index is 12.3. The van der Waals surface area contributed by atoms with Gasteiger partial charge in [0.15, 0.2) is 5.96 Å². The zero-order chi connectivity index (χ0) is 21.9. The number of carbonyl (C=O) groups excluding carboxylic acids is 2. The first-order valence-electron chi connectivity index (χ1n) is 10.6. The summed E-state index contributed by atoms with van der Waals surface area (Å²) in [6, 6.07) is 0.240. The molecular formula is C20H40IN5O4. The van der Waals surface area contributed by atoms with Crippen molar-refractivity contribution >= 4 is 42.1 Å². The van der Waals surface area contributed by atoms with Crippen molar-refractivity contribution in [2.75, 3.05) is 46.4 Å². The molecule has 0 atom stereocenters. The van der Waals surface area contributed by atoms with Crippen molar-refractivity contribution in [1.82, 2.24) is 20.4 Å². The lowest BCUT2D eigenvalue weighted by molar-refractivity contribution is 0.0253. The second-order valence-electron chi connectivity index (χ2n) is 8.07. The van der Waals surface area contributed by atoms with Gasteiger partial charge in [-0.15, -0.1) is 24.0 Å². The second-order valence-corrected chi connectivity index (χ2v) is 8.07. The number of likely N-dealkylation sites (tertiary alicyclic amines) is 1. The fourth-order valence-electron chi connectivity index (χ4n) is 3.01. The van der Waals surface area contributed by atoms with Gasteiger partial charge in [-0.05, 0) is 47.0 Å². The molecular weight excluding hydrogens is 501 g/mol. The summed E-state index contributed by atoms with van der Waals surface area (Å²) in [4.78, 5) is 31.8. The van der Waals surface area contributed by atoms with Crippen molar-refractivity contribution in [3.05, 3.63) is 0 Å². The van der Waals surface area contributed by atoms with Gasteiger partial charge in [-0.3, -0.25) is 4.99 Å². The normalized spacial score (nSPS) is 15.1. The third-order valence-electron chi connectivity index (χ3n) is 4.40. The number of carbonyl (C=O) groups is 2. The van der Waals surface area contributed by atoms with E-state index in [-0.39, 0.29) is 42.2 Å². The Bertz CT molecular complexity index is 546. The van der Waals surface area contributed by atoms with Crippen LogP contribution in [0.2, 0.25) is 0 Å². The molecule has 2 amide bonds. The minimum atomic E-state index is -0.507. The highest BCUT2D eigenvalue weighted by Gasteiger charge is 2.24. The SMILES string of the molecule is CCCN(CCNC(=NC)NC1CCN(C(=O)OCC)CC1)C(=O)OC(C)(C)C.I. The summed E-state index contributed by atoms with van der Waals surface area (Å²) in [5, 5.41) is 6.66. The molecule has 0 unspecified atom stereocenters. The van der Waals surface area contributed by atoms with Crippen molar-refractivity contribution in [2.24, 2.45) is 4.99 Å². The Hall–Kier alpha value is -1.46. The summed E-state index contributed by atoms with van der Waals surface area (Å²) in [6.45, 7) is 12.9.